The Morgan fingerprint density at radius 3 is 2.75 bits per heavy atom. The van der Waals surface area contributed by atoms with Gasteiger partial charge in [-0.05, 0) is 6.07 Å². The summed E-state index contributed by atoms with van der Waals surface area (Å²) in [5.41, 5.74) is 2.95. The van der Waals surface area contributed by atoms with Crippen LogP contribution in [0.5, 0.6) is 5.75 Å². The Kier molecular flexibility index (Phi) is 5.00. The number of nitrogens with one attached hydrogen (secondary N) is 2. The van der Waals surface area contributed by atoms with E-state index in [0.29, 0.717) is 11.4 Å². The van der Waals surface area contributed by atoms with E-state index in [1.807, 2.05) is 0 Å². The fraction of sp³-hybridized carbons (Fsp3) is 0.273. The van der Waals surface area contributed by atoms with Gasteiger partial charge in [-0.2, -0.15) is 0 Å². The Morgan fingerprint density at radius 1 is 1.50 bits per heavy atom. The summed E-state index contributed by atoms with van der Waals surface area (Å²) in [7, 11) is 3.17. The summed E-state index contributed by atoms with van der Waals surface area (Å²) in [6.07, 6.45) is 0. The SMILES string of the molecule is COc1cc(C2=NNC(=O)C[NH+]2C)ccc1[N+](=O)[O-].[Cl-]. The van der Waals surface area contributed by atoms with Crippen molar-refractivity contribution in [1.29, 1.82) is 0 Å². The summed E-state index contributed by atoms with van der Waals surface area (Å²) >= 11 is 0. The third-order valence-electron chi connectivity index (χ3n) is 2.77. The van der Waals surface area contributed by atoms with E-state index in [9.17, 15) is 14.9 Å². The second kappa shape index (κ2) is 6.31. The van der Waals surface area contributed by atoms with Crippen molar-refractivity contribution in [3.63, 3.8) is 0 Å². The largest absolute Gasteiger partial charge is 1.00 e. The molecule has 0 bridgehead atoms. The van der Waals surface area contributed by atoms with Gasteiger partial charge in [0.25, 0.3) is 11.7 Å². The number of rotatable bonds is 3. The van der Waals surface area contributed by atoms with Crippen LogP contribution < -0.4 is 27.5 Å². The quantitative estimate of drug-likeness (QED) is 0.438. The molecule has 1 aromatic rings. The molecule has 0 aliphatic carbocycles. The number of amides is 1. The van der Waals surface area contributed by atoms with Crippen LogP contribution in [0.1, 0.15) is 5.56 Å². The van der Waals surface area contributed by atoms with Crippen molar-refractivity contribution in [3.05, 3.63) is 33.9 Å². The van der Waals surface area contributed by atoms with Gasteiger partial charge < -0.3 is 17.1 Å². The van der Waals surface area contributed by atoms with Gasteiger partial charge in [0.15, 0.2) is 12.3 Å². The number of quaternary nitrogens is 1. The number of amidine groups is 1. The molecule has 8 nitrogen and oxygen atoms in total. The van der Waals surface area contributed by atoms with Crippen LogP contribution in [0.3, 0.4) is 0 Å². The number of hydrogen-bond donors (Lipinski definition) is 2. The third kappa shape index (κ3) is 3.03. The molecule has 1 aliphatic heterocycles. The monoisotopic (exact) mass is 300 g/mol. The van der Waals surface area contributed by atoms with E-state index in [-0.39, 0.29) is 36.3 Å². The molecule has 1 aromatic carbocycles. The maximum atomic E-state index is 11.2. The molecular weight excluding hydrogens is 288 g/mol. The molecule has 0 aromatic heterocycles. The lowest BCUT2D eigenvalue weighted by atomic mass is 10.1. The van der Waals surface area contributed by atoms with E-state index in [0.717, 1.165) is 4.90 Å². The number of nitrogens with zero attached hydrogens (tertiary/aromatic N) is 2. The number of ether oxygens (including phenoxy) is 1. The summed E-state index contributed by atoms with van der Waals surface area (Å²) in [5, 5.41) is 14.8. The summed E-state index contributed by atoms with van der Waals surface area (Å²) in [6, 6.07) is 4.48. The van der Waals surface area contributed by atoms with E-state index in [2.05, 4.69) is 10.5 Å². The zero-order chi connectivity index (χ0) is 14.0. The van der Waals surface area contributed by atoms with Gasteiger partial charge in [0.05, 0.1) is 24.6 Å². The highest BCUT2D eigenvalue weighted by atomic mass is 35.5. The summed E-state index contributed by atoms with van der Waals surface area (Å²) < 4.78 is 5.00. The Balaban J connectivity index is 0.00000200. The van der Waals surface area contributed by atoms with Gasteiger partial charge in [0, 0.05) is 12.1 Å². The number of hydrogen-bond acceptors (Lipinski definition) is 5. The number of hydrazone groups is 1. The van der Waals surface area contributed by atoms with Crippen molar-refractivity contribution in [3.8, 4) is 5.75 Å². The van der Waals surface area contributed by atoms with Gasteiger partial charge in [-0.15, -0.1) is 5.10 Å². The number of carbonyl (C=O) groups is 1. The third-order valence-corrected chi connectivity index (χ3v) is 2.77. The average molecular weight is 301 g/mol. The first-order valence-electron chi connectivity index (χ1n) is 5.55. The maximum Gasteiger partial charge on any atom is 0.310 e. The van der Waals surface area contributed by atoms with Crippen molar-refractivity contribution >= 4 is 17.4 Å². The van der Waals surface area contributed by atoms with Crippen molar-refractivity contribution in [1.82, 2.24) is 5.43 Å². The average Bonchev–Trinajstić information content (AvgIpc) is 2.37. The number of halogens is 1. The Bertz CT molecular complexity index is 576. The van der Waals surface area contributed by atoms with Crippen LogP contribution >= 0.6 is 0 Å². The van der Waals surface area contributed by atoms with Crippen LogP contribution in [-0.2, 0) is 4.79 Å². The summed E-state index contributed by atoms with van der Waals surface area (Å²) in [5.74, 6) is 0.595. The molecule has 20 heavy (non-hydrogen) atoms. The van der Waals surface area contributed by atoms with Crippen LogP contribution in [0.15, 0.2) is 23.3 Å². The van der Waals surface area contributed by atoms with Crippen LogP contribution in [0.25, 0.3) is 0 Å². The topological polar surface area (TPSA) is 98.3 Å². The Labute approximate surface area is 121 Å². The van der Waals surface area contributed by atoms with E-state index >= 15 is 0 Å². The highest BCUT2D eigenvalue weighted by Crippen LogP contribution is 2.27. The van der Waals surface area contributed by atoms with Crippen LogP contribution in [0, 0.1) is 10.1 Å². The number of methoxy groups -OCH3 is 1. The van der Waals surface area contributed by atoms with Gasteiger partial charge in [-0.1, -0.05) is 0 Å². The van der Waals surface area contributed by atoms with Gasteiger partial charge in [0.1, 0.15) is 0 Å². The minimum absolute atomic E-state index is 0. The molecule has 2 rings (SSSR count). The second-order valence-electron chi connectivity index (χ2n) is 4.10. The maximum absolute atomic E-state index is 11.2. The fourth-order valence-electron chi connectivity index (χ4n) is 1.86. The number of benzene rings is 1. The molecular formula is C11H13ClN4O4. The number of nitro groups is 1. The van der Waals surface area contributed by atoms with Gasteiger partial charge in [-0.25, -0.2) is 5.43 Å². The van der Waals surface area contributed by atoms with Crippen LogP contribution in [0.2, 0.25) is 0 Å². The highest BCUT2D eigenvalue weighted by molar-refractivity contribution is 5.96. The zero-order valence-electron chi connectivity index (χ0n) is 10.8. The van der Waals surface area contributed by atoms with Crippen LogP contribution in [-0.4, -0.2) is 37.4 Å². The molecule has 0 saturated carbocycles. The first-order valence-corrected chi connectivity index (χ1v) is 5.55. The Morgan fingerprint density at radius 2 is 2.20 bits per heavy atom. The van der Waals surface area contributed by atoms with Crippen LogP contribution in [0.4, 0.5) is 5.69 Å². The lowest BCUT2D eigenvalue weighted by Crippen LogP contribution is -3.14. The minimum Gasteiger partial charge on any atom is -1.00 e. The van der Waals surface area contributed by atoms with E-state index in [1.54, 1.807) is 13.1 Å². The molecule has 1 unspecified atom stereocenters. The molecule has 2 N–H and O–H groups in total. The van der Waals surface area contributed by atoms with E-state index in [4.69, 9.17) is 4.74 Å². The molecule has 0 spiro atoms. The molecule has 108 valence electrons. The fourth-order valence-corrected chi connectivity index (χ4v) is 1.86. The van der Waals surface area contributed by atoms with Crippen molar-refractivity contribution < 1.29 is 31.8 Å². The standard InChI is InChI=1S/C11H12N4O4.ClH/c1-14-6-10(16)12-13-11(14)7-3-4-8(15(17)18)9(5-7)19-2;/h3-5H,6H2,1-2H3,(H,12,16);1H. The van der Waals surface area contributed by atoms with Gasteiger partial charge >= 0.3 is 5.69 Å². The molecule has 9 heteroatoms. The molecule has 1 aliphatic rings. The van der Waals surface area contributed by atoms with Crippen molar-refractivity contribution in [2.24, 2.45) is 5.10 Å². The predicted octanol–water partition coefficient (Wildman–Crippen LogP) is -4.09. The Hall–Kier alpha value is -2.19. The predicted molar refractivity (Wildman–Crippen MR) is 66.1 cm³/mol. The first-order chi connectivity index (χ1) is 9.02. The second-order valence-corrected chi connectivity index (χ2v) is 4.10. The molecule has 1 atom stereocenters. The molecule has 1 amide bonds. The van der Waals surface area contributed by atoms with E-state index in [1.165, 1.54) is 19.2 Å². The first kappa shape index (κ1) is 15.9. The number of carbonyl (C=O) groups excluding carboxylic acids is 1. The van der Waals surface area contributed by atoms with Crippen molar-refractivity contribution in [2.75, 3.05) is 20.7 Å². The summed E-state index contributed by atoms with van der Waals surface area (Å²) in [6.45, 7) is 0.262. The lowest BCUT2D eigenvalue weighted by Gasteiger charge is -2.19. The summed E-state index contributed by atoms with van der Waals surface area (Å²) in [4.78, 5) is 22.3. The van der Waals surface area contributed by atoms with Crippen molar-refractivity contribution in [2.45, 2.75) is 0 Å². The van der Waals surface area contributed by atoms with Gasteiger partial charge in [0.2, 0.25) is 0 Å². The molecule has 0 fully saturated rings. The smallest absolute Gasteiger partial charge is 0.310 e. The number of nitro benzene ring substituents is 1. The minimum atomic E-state index is -0.510. The molecule has 0 radical (unpaired) electrons. The highest BCUT2D eigenvalue weighted by Gasteiger charge is 2.26. The normalized spacial score (nSPS) is 17.6. The number of likely N-dealkylation sites (N-methyl/N-ethyl adjacent to an activating group) is 1. The van der Waals surface area contributed by atoms with E-state index < -0.39 is 4.92 Å². The molecule has 1 heterocycles. The molecule has 0 saturated heterocycles. The zero-order valence-corrected chi connectivity index (χ0v) is 11.6. The van der Waals surface area contributed by atoms with Gasteiger partial charge in [-0.3, -0.25) is 19.8 Å². The lowest BCUT2D eigenvalue weighted by molar-refractivity contribution is -0.774.